The highest BCUT2D eigenvalue weighted by Crippen LogP contribution is 2.48. The molecule has 0 unspecified atom stereocenters. The molecule has 5 rings (SSSR count). The quantitative estimate of drug-likeness (QED) is 0.208. The summed E-state index contributed by atoms with van der Waals surface area (Å²) in [5.41, 5.74) is 5.62. The molecule has 0 aliphatic carbocycles. The van der Waals surface area contributed by atoms with Gasteiger partial charge in [0.05, 0.1) is 10.3 Å². The molecule has 0 aliphatic heterocycles. The normalized spacial score (nSPS) is 11.9. The van der Waals surface area contributed by atoms with Gasteiger partial charge in [-0.2, -0.15) is 19.8 Å². The van der Waals surface area contributed by atoms with Gasteiger partial charge in [-0.15, -0.1) is 0 Å². The second kappa shape index (κ2) is 9.03. The van der Waals surface area contributed by atoms with E-state index in [1.54, 1.807) is 23.5 Å². The summed E-state index contributed by atoms with van der Waals surface area (Å²) in [6, 6.07) is 37.5. The molecule has 1 aromatic heterocycles. The van der Waals surface area contributed by atoms with E-state index in [4.69, 9.17) is 0 Å². The van der Waals surface area contributed by atoms with Crippen LogP contribution in [0.1, 0.15) is 22.3 Å². The summed E-state index contributed by atoms with van der Waals surface area (Å²) in [4.78, 5) is -0.127. The Kier molecular flexibility index (Phi) is 5.92. The van der Waals surface area contributed by atoms with Crippen molar-refractivity contribution in [3.8, 4) is 11.1 Å². The summed E-state index contributed by atoms with van der Waals surface area (Å²) in [6.45, 7) is 0. The fourth-order valence-corrected chi connectivity index (χ4v) is 5.84. The predicted molar refractivity (Wildman–Crippen MR) is 138 cm³/mol. The Labute approximate surface area is 203 Å². The van der Waals surface area contributed by atoms with E-state index in [0.29, 0.717) is 0 Å². The summed E-state index contributed by atoms with van der Waals surface area (Å²) in [5.74, 6) is 0. The number of rotatable bonds is 6. The average molecular weight is 483 g/mol. The molecule has 0 fully saturated rings. The van der Waals surface area contributed by atoms with Crippen LogP contribution in [-0.4, -0.2) is 13.0 Å². The zero-order valence-corrected chi connectivity index (χ0v) is 19.8. The zero-order chi connectivity index (χ0) is 23.6. The van der Waals surface area contributed by atoms with Crippen LogP contribution in [0.5, 0.6) is 0 Å². The molecule has 3 nitrogen and oxygen atoms in total. The minimum absolute atomic E-state index is 0.127. The Morgan fingerprint density at radius 1 is 0.618 bits per heavy atom. The fourth-order valence-electron chi connectivity index (χ4n) is 4.70. The standard InChI is InChI=1S/C29H22O3S2/c30-34(31,32)26-17-15-25(16-18-26)29(23-9-3-1-4-10-23,24-11-5-2-6-12-24)28-14-8-7-13-27(28)22-19-20-33-21-22/h1-21H,(H,30,31,32). The van der Waals surface area contributed by atoms with E-state index < -0.39 is 15.5 Å². The van der Waals surface area contributed by atoms with E-state index in [-0.39, 0.29) is 4.90 Å². The van der Waals surface area contributed by atoms with Crippen LogP contribution in [0.4, 0.5) is 0 Å². The minimum atomic E-state index is -4.30. The van der Waals surface area contributed by atoms with Crippen molar-refractivity contribution in [1.82, 2.24) is 0 Å². The Balaban J connectivity index is 1.92. The van der Waals surface area contributed by atoms with Gasteiger partial charge in [0, 0.05) is 0 Å². The fraction of sp³-hybridized carbons (Fsp3) is 0.0345. The molecular formula is C29H22O3S2. The molecule has 168 valence electrons. The van der Waals surface area contributed by atoms with Crippen molar-refractivity contribution in [3.63, 3.8) is 0 Å². The first-order valence-corrected chi connectivity index (χ1v) is 13.2. The van der Waals surface area contributed by atoms with Crippen molar-refractivity contribution in [1.29, 1.82) is 0 Å². The smallest absolute Gasteiger partial charge is 0.282 e. The van der Waals surface area contributed by atoms with Gasteiger partial charge in [-0.3, -0.25) is 4.55 Å². The van der Waals surface area contributed by atoms with Gasteiger partial charge in [-0.1, -0.05) is 97.1 Å². The molecule has 0 saturated heterocycles. The summed E-state index contributed by atoms with van der Waals surface area (Å²) in [7, 11) is -4.30. The van der Waals surface area contributed by atoms with Crippen molar-refractivity contribution in [2.45, 2.75) is 10.3 Å². The summed E-state index contributed by atoms with van der Waals surface area (Å²) >= 11 is 1.65. The molecule has 0 amide bonds. The highest BCUT2D eigenvalue weighted by molar-refractivity contribution is 7.85. The van der Waals surface area contributed by atoms with Gasteiger partial charge in [-0.05, 0) is 62.3 Å². The lowest BCUT2D eigenvalue weighted by molar-refractivity contribution is 0.483. The molecule has 1 N–H and O–H groups in total. The van der Waals surface area contributed by atoms with Gasteiger partial charge in [0.2, 0.25) is 0 Å². The average Bonchev–Trinajstić information content (AvgIpc) is 3.41. The molecule has 1 heterocycles. The van der Waals surface area contributed by atoms with Crippen LogP contribution in [0.2, 0.25) is 0 Å². The van der Waals surface area contributed by atoms with Crippen LogP contribution in [-0.2, 0) is 15.5 Å². The first kappa shape index (κ1) is 22.3. The molecular weight excluding hydrogens is 460 g/mol. The van der Waals surface area contributed by atoms with Crippen LogP contribution in [0.15, 0.2) is 131 Å². The van der Waals surface area contributed by atoms with Gasteiger partial charge in [0.1, 0.15) is 0 Å². The summed E-state index contributed by atoms with van der Waals surface area (Å²) in [5, 5.41) is 4.21. The van der Waals surface area contributed by atoms with Crippen molar-refractivity contribution < 1.29 is 13.0 Å². The Hall–Kier alpha value is -3.51. The summed E-state index contributed by atoms with van der Waals surface area (Å²) < 4.78 is 33.1. The zero-order valence-electron chi connectivity index (χ0n) is 18.2. The first-order valence-electron chi connectivity index (χ1n) is 10.8. The van der Waals surface area contributed by atoms with Gasteiger partial charge in [0.25, 0.3) is 10.1 Å². The van der Waals surface area contributed by atoms with Crippen molar-refractivity contribution in [2.75, 3.05) is 0 Å². The van der Waals surface area contributed by atoms with Gasteiger partial charge in [0.15, 0.2) is 0 Å². The minimum Gasteiger partial charge on any atom is -0.282 e. The Bertz CT molecular complexity index is 1450. The summed E-state index contributed by atoms with van der Waals surface area (Å²) in [6.07, 6.45) is 0. The van der Waals surface area contributed by atoms with Crippen LogP contribution in [0, 0.1) is 0 Å². The Morgan fingerprint density at radius 3 is 1.68 bits per heavy atom. The molecule has 0 spiro atoms. The van der Waals surface area contributed by atoms with E-state index in [0.717, 1.165) is 33.4 Å². The number of hydrogen-bond acceptors (Lipinski definition) is 3. The monoisotopic (exact) mass is 482 g/mol. The largest absolute Gasteiger partial charge is 0.294 e. The maximum atomic E-state index is 11.8. The van der Waals surface area contributed by atoms with E-state index in [2.05, 4.69) is 53.2 Å². The maximum Gasteiger partial charge on any atom is 0.294 e. The molecule has 0 radical (unpaired) electrons. The molecule has 0 saturated carbocycles. The molecule has 0 aliphatic rings. The van der Waals surface area contributed by atoms with Crippen LogP contribution < -0.4 is 0 Å². The van der Waals surface area contributed by atoms with Crippen molar-refractivity contribution in [3.05, 3.63) is 148 Å². The third-order valence-electron chi connectivity index (χ3n) is 6.16. The maximum absolute atomic E-state index is 11.8. The molecule has 5 heteroatoms. The molecule has 34 heavy (non-hydrogen) atoms. The van der Waals surface area contributed by atoms with Crippen LogP contribution in [0.25, 0.3) is 11.1 Å². The Morgan fingerprint density at radius 2 is 1.15 bits per heavy atom. The third kappa shape index (κ3) is 3.88. The first-order chi connectivity index (χ1) is 16.5. The van der Waals surface area contributed by atoms with Crippen LogP contribution >= 0.6 is 11.3 Å². The van der Waals surface area contributed by atoms with E-state index >= 15 is 0 Å². The van der Waals surface area contributed by atoms with E-state index in [1.807, 2.05) is 48.5 Å². The van der Waals surface area contributed by atoms with E-state index in [9.17, 15) is 13.0 Å². The van der Waals surface area contributed by atoms with Gasteiger partial charge >= 0.3 is 0 Å². The number of benzene rings is 4. The third-order valence-corrected chi connectivity index (χ3v) is 7.71. The predicted octanol–water partition coefficient (Wildman–Crippen LogP) is 7.04. The second-order valence-corrected chi connectivity index (χ2v) is 10.2. The van der Waals surface area contributed by atoms with Crippen LogP contribution in [0.3, 0.4) is 0 Å². The van der Waals surface area contributed by atoms with Gasteiger partial charge in [-0.25, -0.2) is 0 Å². The SMILES string of the molecule is O=S(=O)(O)c1ccc(C(c2ccccc2)(c2ccccc2)c2ccccc2-c2ccsc2)cc1. The highest BCUT2D eigenvalue weighted by atomic mass is 32.2. The van der Waals surface area contributed by atoms with Crippen molar-refractivity contribution in [2.24, 2.45) is 0 Å². The second-order valence-electron chi connectivity index (χ2n) is 8.04. The number of hydrogen-bond donors (Lipinski definition) is 1. The molecule has 5 aromatic rings. The van der Waals surface area contributed by atoms with E-state index in [1.165, 1.54) is 12.1 Å². The lowest BCUT2D eigenvalue weighted by Gasteiger charge is -2.38. The molecule has 0 bridgehead atoms. The topological polar surface area (TPSA) is 54.4 Å². The molecule has 0 atom stereocenters. The molecule has 4 aromatic carbocycles. The lowest BCUT2D eigenvalue weighted by Crippen LogP contribution is -2.31. The number of thiophene rings is 1. The van der Waals surface area contributed by atoms with Gasteiger partial charge < -0.3 is 0 Å². The highest BCUT2D eigenvalue weighted by Gasteiger charge is 2.40. The van der Waals surface area contributed by atoms with Crippen molar-refractivity contribution >= 4 is 21.5 Å². The lowest BCUT2D eigenvalue weighted by atomic mass is 9.63.